The van der Waals surface area contributed by atoms with E-state index in [2.05, 4.69) is 4.74 Å². The van der Waals surface area contributed by atoms with Crippen molar-refractivity contribution in [2.24, 2.45) is 0 Å². The molecule has 1 nitrogen and oxygen atoms in total. The van der Waals surface area contributed by atoms with Crippen molar-refractivity contribution >= 4 is 0 Å². The largest absolute Gasteiger partial charge is 0.573 e. The molecule has 0 aliphatic rings. The highest BCUT2D eigenvalue weighted by Crippen LogP contribution is 2.32. The molecule has 0 amide bonds. The molecule has 0 radical (unpaired) electrons. The fourth-order valence-corrected chi connectivity index (χ4v) is 1.05. The summed E-state index contributed by atoms with van der Waals surface area (Å²) in [6.45, 7) is 1.04. The van der Waals surface area contributed by atoms with Gasteiger partial charge in [0, 0.05) is 11.6 Å². The average Bonchev–Trinajstić information content (AvgIpc) is 1.99. The molecule has 1 aromatic carbocycles. The van der Waals surface area contributed by atoms with Crippen LogP contribution in [-0.2, 0) is 0 Å². The SMILES string of the molecule is CC(F)c1ccc(F)cc1OC(F)(F)F. The molecule has 0 fully saturated rings. The fraction of sp³-hybridized carbons (Fsp3) is 0.333. The maximum absolute atomic E-state index is 12.8. The van der Waals surface area contributed by atoms with E-state index in [0.717, 1.165) is 19.1 Å². The van der Waals surface area contributed by atoms with Crippen molar-refractivity contribution in [3.63, 3.8) is 0 Å². The van der Waals surface area contributed by atoms with Crippen molar-refractivity contribution < 1.29 is 26.7 Å². The molecule has 0 bridgehead atoms. The van der Waals surface area contributed by atoms with Crippen molar-refractivity contribution in [1.82, 2.24) is 0 Å². The van der Waals surface area contributed by atoms with Crippen LogP contribution in [0.4, 0.5) is 22.0 Å². The Morgan fingerprint density at radius 1 is 1.27 bits per heavy atom. The zero-order chi connectivity index (χ0) is 11.6. The van der Waals surface area contributed by atoms with Gasteiger partial charge in [0.25, 0.3) is 0 Å². The van der Waals surface area contributed by atoms with E-state index in [0.29, 0.717) is 6.07 Å². The van der Waals surface area contributed by atoms with E-state index in [1.54, 1.807) is 0 Å². The predicted octanol–water partition coefficient (Wildman–Crippen LogP) is 3.75. The minimum Gasteiger partial charge on any atom is -0.405 e. The Bertz CT molecular complexity index is 345. The van der Waals surface area contributed by atoms with Crippen molar-refractivity contribution in [1.29, 1.82) is 0 Å². The third-order valence-electron chi connectivity index (χ3n) is 1.63. The minimum absolute atomic E-state index is 0.339. The van der Waals surface area contributed by atoms with Gasteiger partial charge in [-0.2, -0.15) is 0 Å². The highest BCUT2D eigenvalue weighted by molar-refractivity contribution is 5.35. The Labute approximate surface area is 82.5 Å². The van der Waals surface area contributed by atoms with Crippen LogP contribution >= 0.6 is 0 Å². The van der Waals surface area contributed by atoms with Crippen molar-refractivity contribution in [2.45, 2.75) is 19.5 Å². The molecule has 1 atom stereocenters. The van der Waals surface area contributed by atoms with E-state index in [-0.39, 0.29) is 5.56 Å². The summed E-state index contributed by atoms with van der Waals surface area (Å²) in [5, 5.41) is 0. The predicted molar refractivity (Wildman–Crippen MR) is 42.6 cm³/mol. The topological polar surface area (TPSA) is 9.23 Å². The smallest absolute Gasteiger partial charge is 0.405 e. The molecule has 84 valence electrons. The van der Waals surface area contributed by atoms with Crippen LogP contribution in [0.2, 0.25) is 0 Å². The Balaban J connectivity index is 3.08. The van der Waals surface area contributed by atoms with Crippen LogP contribution < -0.4 is 4.74 Å². The number of hydrogen-bond acceptors (Lipinski definition) is 1. The van der Waals surface area contributed by atoms with Gasteiger partial charge in [-0.15, -0.1) is 13.2 Å². The summed E-state index contributed by atoms with van der Waals surface area (Å²) in [5.41, 5.74) is -0.339. The number of alkyl halides is 4. The Morgan fingerprint density at radius 2 is 1.87 bits per heavy atom. The highest BCUT2D eigenvalue weighted by Gasteiger charge is 2.32. The molecule has 1 rings (SSSR count). The van der Waals surface area contributed by atoms with Crippen LogP contribution in [0.1, 0.15) is 18.7 Å². The third kappa shape index (κ3) is 3.38. The molecule has 0 saturated heterocycles. The van der Waals surface area contributed by atoms with Crippen molar-refractivity contribution in [3.8, 4) is 5.75 Å². The van der Waals surface area contributed by atoms with E-state index in [1.807, 2.05) is 0 Å². The maximum atomic E-state index is 12.8. The highest BCUT2D eigenvalue weighted by atomic mass is 19.4. The van der Waals surface area contributed by atoms with Crippen LogP contribution in [0, 0.1) is 5.82 Å². The molecule has 0 saturated carbocycles. The summed E-state index contributed by atoms with van der Waals surface area (Å²) in [7, 11) is 0. The van der Waals surface area contributed by atoms with Gasteiger partial charge >= 0.3 is 6.36 Å². The Kier molecular flexibility index (Phi) is 3.16. The molecule has 0 spiro atoms. The first-order valence-electron chi connectivity index (χ1n) is 3.99. The molecule has 0 aliphatic heterocycles. The van der Waals surface area contributed by atoms with Gasteiger partial charge in [0.2, 0.25) is 0 Å². The molecule has 15 heavy (non-hydrogen) atoms. The normalized spacial score (nSPS) is 13.7. The standard InChI is InChI=1S/C9H7F5O/c1-5(10)7-3-2-6(11)4-8(7)15-9(12,13)14/h2-5H,1H3. The number of halogens is 5. The van der Waals surface area contributed by atoms with Crippen molar-refractivity contribution in [3.05, 3.63) is 29.6 Å². The summed E-state index contributed by atoms with van der Waals surface area (Å²) in [4.78, 5) is 0. The summed E-state index contributed by atoms with van der Waals surface area (Å²) in [5.74, 6) is -1.77. The quantitative estimate of drug-likeness (QED) is 0.697. The molecular formula is C9H7F5O. The lowest BCUT2D eigenvalue weighted by Gasteiger charge is -2.13. The molecule has 6 heteroatoms. The van der Waals surface area contributed by atoms with Gasteiger partial charge in [0.15, 0.2) is 0 Å². The second kappa shape index (κ2) is 4.04. The van der Waals surface area contributed by atoms with E-state index in [1.165, 1.54) is 0 Å². The average molecular weight is 226 g/mol. The summed E-state index contributed by atoms with van der Waals surface area (Å²) >= 11 is 0. The third-order valence-corrected chi connectivity index (χ3v) is 1.63. The van der Waals surface area contributed by atoms with E-state index in [9.17, 15) is 22.0 Å². The fourth-order valence-electron chi connectivity index (χ4n) is 1.05. The van der Waals surface area contributed by atoms with Gasteiger partial charge in [-0.3, -0.25) is 0 Å². The minimum atomic E-state index is -4.96. The first-order valence-corrected chi connectivity index (χ1v) is 3.99. The number of ether oxygens (including phenoxy) is 1. The molecule has 0 heterocycles. The lowest BCUT2D eigenvalue weighted by atomic mass is 10.1. The number of rotatable bonds is 2. The van der Waals surface area contributed by atoms with E-state index in [4.69, 9.17) is 0 Å². The van der Waals surface area contributed by atoms with Crippen LogP contribution in [0.15, 0.2) is 18.2 Å². The number of benzene rings is 1. The second-order valence-corrected chi connectivity index (χ2v) is 2.85. The van der Waals surface area contributed by atoms with Gasteiger partial charge in [-0.25, -0.2) is 8.78 Å². The summed E-state index contributed by atoms with van der Waals surface area (Å²) < 4.78 is 64.5. The lowest BCUT2D eigenvalue weighted by molar-refractivity contribution is -0.275. The molecule has 1 aromatic rings. The molecule has 0 N–H and O–H groups in total. The van der Waals surface area contributed by atoms with Gasteiger partial charge in [-0.05, 0) is 19.1 Å². The second-order valence-electron chi connectivity index (χ2n) is 2.85. The summed E-state index contributed by atoms with van der Waals surface area (Å²) in [6.07, 6.45) is -6.62. The van der Waals surface area contributed by atoms with E-state index < -0.39 is 24.1 Å². The molecule has 0 aromatic heterocycles. The lowest BCUT2D eigenvalue weighted by Crippen LogP contribution is -2.18. The van der Waals surface area contributed by atoms with E-state index >= 15 is 0 Å². The van der Waals surface area contributed by atoms with Gasteiger partial charge in [0.1, 0.15) is 17.7 Å². The van der Waals surface area contributed by atoms with Gasteiger partial charge < -0.3 is 4.74 Å². The molecule has 0 aliphatic carbocycles. The van der Waals surface area contributed by atoms with Crippen molar-refractivity contribution in [2.75, 3.05) is 0 Å². The van der Waals surface area contributed by atoms with Crippen LogP contribution in [0.5, 0.6) is 5.75 Å². The van der Waals surface area contributed by atoms with Crippen LogP contribution in [0.25, 0.3) is 0 Å². The number of hydrogen-bond donors (Lipinski definition) is 0. The summed E-state index contributed by atoms with van der Waals surface area (Å²) in [6, 6.07) is 2.29. The first kappa shape index (κ1) is 11.7. The maximum Gasteiger partial charge on any atom is 0.573 e. The van der Waals surface area contributed by atoms with Gasteiger partial charge in [-0.1, -0.05) is 0 Å². The van der Waals surface area contributed by atoms with Gasteiger partial charge in [0.05, 0.1) is 0 Å². The van der Waals surface area contributed by atoms with Crippen LogP contribution in [0.3, 0.4) is 0 Å². The Hall–Kier alpha value is -1.33. The molecule has 1 unspecified atom stereocenters. The first-order chi connectivity index (χ1) is 6.79. The monoisotopic (exact) mass is 226 g/mol. The van der Waals surface area contributed by atoms with Crippen LogP contribution in [-0.4, -0.2) is 6.36 Å². The zero-order valence-electron chi connectivity index (χ0n) is 7.61. The zero-order valence-corrected chi connectivity index (χ0v) is 7.61. The molecular weight excluding hydrogens is 219 g/mol. The Morgan fingerprint density at radius 3 is 2.33 bits per heavy atom.